The molecule has 0 aliphatic carbocycles. The van der Waals surface area contributed by atoms with E-state index in [1.807, 2.05) is 36.4 Å². The summed E-state index contributed by atoms with van der Waals surface area (Å²) in [6.45, 7) is 0.523. The van der Waals surface area contributed by atoms with Gasteiger partial charge in [0.2, 0.25) is 5.91 Å². The second-order valence-corrected chi connectivity index (χ2v) is 5.35. The Kier molecular flexibility index (Phi) is 6.47. The van der Waals surface area contributed by atoms with Crippen molar-refractivity contribution in [1.82, 2.24) is 5.32 Å². The molecule has 0 fully saturated rings. The molecular formula is C18H17ClN2O3. The molecule has 0 aliphatic rings. The predicted octanol–water partition coefficient (Wildman–Crippen LogP) is 3.46. The number of benzene rings is 2. The molecular weight excluding hydrogens is 328 g/mol. The van der Waals surface area contributed by atoms with Crippen LogP contribution in [0, 0.1) is 11.3 Å². The highest BCUT2D eigenvalue weighted by atomic mass is 35.5. The molecule has 2 aromatic rings. The van der Waals surface area contributed by atoms with Crippen molar-refractivity contribution in [3.63, 3.8) is 0 Å². The number of nitriles is 1. The van der Waals surface area contributed by atoms with Crippen LogP contribution in [-0.2, 0) is 17.9 Å². The Bertz CT molecular complexity index is 756. The van der Waals surface area contributed by atoms with Gasteiger partial charge in [0.05, 0.1) is 13.2 Å². The van der Waals surface area contributed by atoms with Gasteiger partial charge in [-0.05, 0) is 12.1 Å². The molecule has 1 amide bonds. The van der Waals surface area contributed by atoms with E-state index in [0.29, 0.717) is 16.5 Å². The SMILES string of the molecule is COc1cccc(CNC(=O)CC#N)c1OCc1ccccc1Cl. The van der Waals surface area contributed by atoms with Gasteiger partial charge in [-0.25, -0.2) is 0 Å². The summed E-state index contributed by atoms with van der Waals surface area (Å²) < 4.78 is 11.2. The summed E-state index contributed by atoms with van der Waals surface area (Å²) in [5, 5.41) is 11.8. The van der Waals surface area contributed by atoms with Gasteiger partial charge in [0, 0.05) is 22.7 Å². The van der Waals surface area contributed by atoms with Gasteiger partial charge in [0.25, 0.3) is 0 Å². The third kappa shape index (κ3) is 4.64. The molecule has 2 aromatic carbocycles. The molecule has 24 heavy (non-hydrogen) atoms. The summed E-state index contributed by atoms with van der Waals surface area (Å²) in [6.07, 6.45) is -0.181. The van der Waals surface area contributed by atoms with Crippen molar-refractivity contribution in [2.45, 2.75) is 19.6 Å². The molecule has 0 aromatic heterocycles. The lowest BCUT2D eigenvalue weighted by Gasteiger charge is -2.16. The number of methoxy groups -OCH3 is 1. The van der Waals surface area contributed by atoms with Gasteiger partial charge in [0.15, 0.2) is 11.5 Å². The second-order valence-electron chi connectivity index (χ2n) is 4.94. The average Bonchev–Trinajstić information content (AvgIpc) is 2.59. The first-order chi connectivity index (χ1) is 11.7. The second kappa shape index (κ2) is 8.80. The maximum absolute atomic E-state index is 11.5. The van der Waals surface area contributed by atoms with Gasteiger partial charge >= 0.3 is 0 Å². The highest BCUT2D eigenvalue weighted by Gasteiger charge is 2.12. The van der Waals surface area contributed by atoms with Crippen LogP contribution < -0.4 is 14.8 Å². The molecule has 0 heterocycles. The van der Waals surface area contributed by atoms with Crippen LogP contribution in [0.1, 0.15) is 17.5 Å². The number of amides is 1. The molecule has 0 atom stereocenters. The van der Waals surface area contributed by atoms with Crippen LogP contribution >= 0.6 is 11.6 Å². The van der Waals surface area contributed by atoms with Gasteiger partial charge in [-0.3, -0.25) is 4.79 Å². The molecule has 0 unspecified atom stereocenters. The first-order valence-corrected chi connectivity index (χ1v) is 7.69. The van der Waals surface area contributed by atoms with E-state index in [1.54, 1.807) is 19.2 Å². The van der Waals surface area contributed by atoms with Crippen molar-refractivity contribution in [2.75, 3.05) is 7.11 Å². The number of rotatable bonds is 7. The van der Waals surface area contributed by atoms with E-state index in [-0.39, 0.29) is 25.5 Å². The maximum Gasteiger partial charge on any atom is 0.234 e. The monoisotopic (exact) mass is 344 g/mol. The Balaban J connectivity index is 2.16. The molecule has 2 rings (SSSR count). The minimum Gasteiger partial charge on any atom is -0.493 e. The van der Waals surface area contributed by atoms with Crippen LogP contribution in [-0.4, -0.2) is 13.0 Å². The minimum absolute atomic E-state index is 0.181. The molecule has 5 nitrogen and oxygen atoms in total. The maximum atomic E-state index is 11.5. The van der Waals surface area contributed by atoms with E-state index < -0.39 is 0 Å². The van der Waals surface area contributed by atoms with E-state index >= 15 is 0 Å². The van der Waals surface area contributed by atoms with E-state index in [9.17, 15) is 4.79 Å². The molecule has 6 heteroatoms. The Hall–Kier alpha value is -2.71. The van der Waals surface area contributed by atoms with Gasteiger partial charge in [0.1, 0.15) is 13.0 Å². The smallest absolute Gasteiger partial charge is 0.234 e. The Morgan fingerprint density at radius 2 is 1.96 bits per heavy atom. The van der Waals surface area contributed by atoms with Gasteiger partial charge in [-0.2, -0.15) is 5.26 Å². The third-order valence-corrected chi connectivity index (χ3v) is 3.69. The van der Waals surface area contributed by atoms with Crippen LogP contribution in [0.25, 0.3) is 0 Å². The number of ether oxygens (including phenoxy) is 2. The Morgan fingerprint density at radius 1 is 1.21 bits per heavy atom. The number of halogens is 1. The van der Waals surface area contributed by atoms with Crippen molar-refractivity contribution in [3.05, 3.63) is 58.6 Å². The molecule has 0 spiro atoms. The lowest BCUT2D eigenvalue weighted by molar-refractivity contribution is -0.120. The normalized spacial score (nSPS) is 9.88. The number of nitrogens with zero attached hydrogens (tertiary/aromatic N) is 1. The van der Waals surface area contributed by atoms with Crippen molar-refractivity contribution < 1.29 is 14.3 Å². The number of para-hydroxylation sites is 1. The molecule has 124 valence electrons. The lowest BCUT2D eigenvalue weighted by Crippen LogP contribution is -2.22. The number of carbonyl (C=O) groups is 1. The molecule has 0 saturated carbocycles. The van der Waals surface area contributed by atoms with Crippen molar-refractivity contribution in [1.29, 1.82) is 5.26 Å². The van der Waals surface area contributed by atoms with Crippen LogP contribution in [0.3, 0.4) is 0 Å². The van der Waals surface area contributed by atoms with Gasteiger partial charge < -0.3 is 14.8 Å². The van der Waals surface area contributed by atoms with Crippen LogP contribution in [0.4, 0.5) is 0 Å². The Morgan fingerprint density at radius 3 is 2.67 bits per heavy atom. The molecule has 1 N–H and O–H groups in total. The van der Waals surface area contributed by atoms with Crippen molar-refractivity contribution in [2.24, 2.45) is 0 Å². The van der Waals surface area contributed by atoms with Crippen molar-refractivity contribution in [3.8, 4) is 17.6 Å². The summed E-state index contributed by atoms with van der Waals surface area (Å²) in [4.78, 5) is 11.5. The quantitative estimate of drug-likeness (QED) is 0.835. The zero-order valence-electron chi connectivity index (χ0n) is 13.2. The lowest BCUT2D eigenvalue weighted by atomic mass is 10.1. The summed E-state index contributed by atoms with van der Waals surface area (Å²) >= 11 is 6.14. The summed E-state index contributed by atoms with van der Waals surface area (Å²) in [5.74, 6) is 0.767. The summed E-state index contributed by atoms with van der Waals surface area (Å²) in [7, 11) is 1.55. The fourth-order valence-electron chi connectivity index (χ4n) is 2.12. The van der Waals surface area contributed by atoms with Crippen LogP contribution in [0.15, 0.2) is 42.5 Å². The fraction of sp³-hybridized carbons (Fsp3) is 0.222. The molecule has 0 bridgehead atoms. The third-order valence-electron chi connectivity index (χ3n) is 3.33. The number of hydrogen-bond acceptors (Lipinski definition) is 4. The predicted molar refractivity (Wildman–Crippen MR) is 90.9 cm³/mol. The first-order valence-electron chi connectivity index (χ1n) is 7.31. The first kappa shape index (κ1) is 17.6. The summed E-state index contributed by atoms with van der Waals surface area (Å²) in [6, 6.07) is 14.6. The standard InChI is InChI=1S/C18H17ClN2O3/c1-23-16-8-4-6-13(11-21-17(22)9-10-20)18(16)24-12-14-5-2-3-7-15(14)19/h2-8H,9,11-12H2,1H3,(H,21,22). The van der Waals surface area contributed by atoms with Crippen LogP contribution in [0.2, 0.25) is 5.02 Å². The average molecular weight is 345 g/mol. The fourth-order valence-corrected chi connectivity index (χ4v) is 2.31. The zero-order chi connectivity index (χ0) is 17.4. The number of hydrogen-bond donors (Lipinski definition) is 1. The van der Waals surface area contributed by atoms with E-state index in [4.69, 9.17) is 26.3 Å². The number of nitrogens with one attached hydrogen (secondary N) is 1. The highest BCUT2D eigenvalue weighted by molar-refractivity contribution is 6.31. The largest absolute Gasteiger partial charge is 0.493 e. The minimum atomic E-state index is -0.336. The highest BCUT2D eigenvalue weighted by Crippen LogP contribution is 2.32. The topological polar surface area (TPSA) is 71.3 Å². The van der Waals surface area contributed by atoms with E-state index in [0.717, 1.165) is 11.1 Å². The number of carbonyl (C=O) groups excluding carboxylic acids is 1. The zero-order valence-corrected chi connectivity index (χ0v) is 14.0. The van der Waals surface area contributed by atoms with Gasteiger partial charge in [-0.15, -0.1) is 0 Å². The molecule has 0 saturated heterocycles. The van der Waals surface area contributed by atoms with Gasteiger partial charge in [-0.1, -0.05) is 41.9 Å². The van der Waals surface area contributed by atoms with E-state index in [1.165, 1.54) is 0 Å². The summed E-state index contributed by atoms with van der Waals surface area (Å²) in [5.41, 5.74) is 1.61. The Labute approximate surface area is 145 Å². The van der Waals surface area contributed by atoms with Crippen LogP contribution in [0.5, 0.6) is 11.5 Å². The van der Waals surface area contributed by atoms with Crippen molar-refractivity contribution >= 4 is 17.5 Å². The van der Waals surface area contributed by atoms with E-state index in [2.05, 4.69) is 5.32 Å². The molecule has 0 aliphatic heterocycles. The molecule has 0 radical (unpaired) electrons.